The third kappa shape index (κ3) is 9.22. The highest BCUT2D eigenvalue weighted by Crippen LogP contribution is 1.96. The van der Waals surface area contributed by atoms with Crippen molar-refractivity contribution in [2.45, 2.75) is 25.7 Å². The Morgan fingerprint density at radius 1 is 1.00 bits per heavy atom. The first-order valence-corrected chi connectivity index (χ1v) is 4.13. The largest absolute Gasteiger partial charge is 0.103 e. The molecular weight excluding hydrogens is 132 g/mol. The third-order valence-electron chi connectivity index (χ3n) is 1.33. The van der Waals surface area contributed by atoms with Crippen LogP contribution in [0, 0.1) is 6.92 Å². The van der Waals surface area contributed by atoms with Crippen molar-refractivity contribution in [3.63, 3.8) is 0 Å². The summed E-state index contributed by atoms with van der Waals surface area (Å²) in [6, 6.07) is 0. The molecule has 0 atom stereocenters. The van der Waals surface area contributed by atoms with E-state index in [1.807, 2.05) is 18.2 Å². The summed E-state index contributed by atoms with van der Waals surface area (Å²) in [4.78, 5) is 0. The predicted octanol–water partition coefficient (Wildman–Crippen LogP) is 3.68. The summed E-state index contributed by atoms with van der Waals surface area (Å²) in [5.74, 6) is 0. The van der Waals surface area contributed by atoms with E-state index >= 15 is 0 Å². The quantitative estimate of drug-likeness (QED) is 0.307. The molecule has 0 nitrogen and oxygen atoms in total. The summed E-state index contributed by atoms with van der Waals surface area (Å²) in [6.45, 7) is 7.36. The van der Waals surface area contributed by atoms with E-state index < -0.39 is 0 Å². The average Bonchev–Trinajstić information content (AvgIpc) is 2.03. The first kappa shape index (κ1) is 10.2. The molecule has 0 aromatic heterocycles. The summed E-state index contributed by atoms with van der Waals surface area (Å²) in [6.07, 6.45) is 14.6. The molecule has 0 aliphatic carbocycles. The maximum Gasteiger partial charge on any atom is -0.0345 e. The number of allylic oxidation sites excluding steroid dienone is 5. The smallest absolute Gasteiger partial charge is 0.0345 e. The Hall–Kier alpha value is -0.780. The van der Waals surface area contributed by atoms with Gasteiger partial charge in [0.1, 0.15) is 0 Å². The van der Waals surface area contributed by atoms with E-state index in [0.717, 1.165) is 19.3 Å². The van der Waals surface area contributed by atoms with Crippen LogP contribution < -0.4 is 0 Å². The van der Waals surface area contributed by atoms with Crippen LogP contribution in [0.25, 0.3) is 0 Å². The Morgan fingerprint density at radius 2 is 1.73 bits per heavy atom. The Kier molecular flexibility index (Phi) is 8.57. The molecule has 0 amide bonds. The van der Waals surface area contributed by atoms with Crippen LogP contribution in [0.1, 0.15) is 25.7 Å². The van der Waals surface area contributed by atoms with Gasteiger partial charge in [-0.25, -0.2) is 0 Å². The fourth-order valence-electron chi connectivity index (χ4n) is 0.730. The molecule has 0 fully saturated rings. The van der Waals surface area contributed by atoms with Crippen LogP contribution in [0.2, 0.25) is 0 Å². The van der Waals surface area contributed by atoms with Crippen LogP contribution in [-0.2, 0) is 0 Å². The number of hydrogen-bond acceptors (Lipinski definition) is 0. The summed E-state index contributed by atoms with van der Waals surface area (Å²) in [5.41, 5.74) is 0. The van der Waals surface area contributed by atoms with Crippen molar-refractivity contribution in [2.75, 3.05) is 0 Å². The minimum absolute atomic E-state index is 0.872. The Bertz CT molecular complexity index is 129. The van der Waals surface area contributed by atoms with E-state index in [4.69, 9.17) is 0 Å². The van der Waals surface area contributed by atoms with Gasteiger partial charge in [-0.3, -0.25) is 0 Å². The van der Waals surface area contributed by atoms with Gasteiger partial charge in [0.05, 0.1) is 0 Å². The monoisotopic (exact) mass is 149 g/mol. The van der Waals surface area contributed by atoms with Gasteiger partial charge in [0, 0.05) is 0 Å². The lowest BCUT2D eigenvalue weighted by Gasteiger charge is -1.86. The van der Waals surface area contributed by atoms with Gasteiger partial charge in [-0.05, 0) is 32.6 Å². The molecule has 0 aromatic rings. The molecule has 0 saturated carbocycles. The summed E-state index contributed by atoms with van der Waals surface area (Å²) >= 11 is 0. The fraction of sp³-hybridized carbons (Fsp3) is 0.364. The van der Waals surface area contributed by atoms with Crippen LogP contribution in [-0.4, -0.2) is 0 Å². The van der Waals surface area contributed by atoms with E-state index in [0.29, 0.717) is 0 Å². The predicted molar refractivity (Wildman–Crippen MR) is 52.3 cm³/mol. The zero-order valence-electron chi connectivity index (χ0n) is 7.13. The van der Waals surface area contributed by atoms with Crippen molar-refractivity contribution in [2.24, 2.45) is 0 Å². The van der Waals surface area contributed by atoms with Crippen molar-refractivity contribution in [1.29, 1.82) is 0 Å². The van der Waals surface area contributed by atoms with Crippen molar-refractivity contribution in [3.8, 4) is 0 Å². The van der Waals surface area contributed by atoms with E-state index in [2.05, 4.69) is 25.7 Å². The minimum Gasteiger partial charge on any atom is -0.103 e. The molecule has 0 aliphatic heterocycles. The topological polar surface area (TPSA) is 0 Å². The van der Waals surface area contributed by atoms with Crippen molar-refractivity contribution >= 4 is 0 Å². The molecule has 11 heavy (non-hydrogen) atoms. The standard InChI is InChI=1S/C11H17/c1-3-5-7-9-11-10-8-6-4-2/h3,6,8,10-11H,1-2,4-5,7,9H2. The highest BCUT2D eigenvalue weighted by Gasteiger charge is 1.76. The molecule has 0 heteroatoms. The average molecular weight is 149 g/mol. The summed E-state index contributed by atoms with van der Waals surface area (Å²) in [7, 11) is 0. The molecule has 0 spiro atoms. The third-order valence-corrected chi connectivity index (χ3v) is 1.33. The molecule has 0 rings (SSSR count). The SMILES string of the molecule is [CH2]CC=CC=CCCCC=C. The van der Waals surface area contributed by atoms with Crippen LogP contribution in [0.15, 0.2) is 37.0 Å². The van der Waals surface area contributed by atoms with Gasteiger partial charge in [0.2, 0.25) is 0 Å². The van der Waals surface area contributed by atoms with Gasteiger partial charge in [0.15, 0.2) is 0 Å². The molecule has 1 radical (unpaired) electrons. The molecule has 0 bridgehead atoms. The lowest BCUT2D eigenvalue weighted by molar-refractivity contribution is 0.870. The summed E-state index contributed by atoms with van der Waals surface area (Å²) < 4.78 is 0. The van der Waals surface area contributed by atoms with Crippen LogP contribution in [0.4, 0.5) is 0 Å². The second-order valence-electron chi connectivity index (χ2n) is 2.36. The van der Waals surface area contributed by atoms with Crippen molar-refractivity contribution < 1.29 is 0 Å². The molecule has 0 N–H and O–H groups in total. The second kappa shape index (κ2) is 9.22. The highest BCUT2D eigenvalue weighted by atomic mass is 13.8. The van der Waals surface area contributed by atoms with E-state index in [1.165, 1.54) is 6.42 Å². The van der Waals surface area contributed by atoms with Crippen LogP contribution in [0.5, 0.6) is 0 Å². The number of rotatable bonds is 6. The Morgan fingerprint density at radius 3 is 2.36 bits per heavy atom. The zero-order chi connectivity index (χ0) is 8.36. The van der Waals surface area contributed by atoms with Gasteiger partial charge in [-0.1, -0.05) is 30.4 Å². The van der Waals surface area contributed by atoms with Gasteiger partial charge in [-0.15, -0.1) is 6.58 Å². The molecular formula is C11H17. The van der Waals surface area contributed by atoms with Crippen LogP contribution >= 0.6 is 0 Å². The highest BCUT2D eigenvalue weighted by molar-refractivity contribution is 5.02. The molecule has 0 aliphatic rings. The maximum atomic E-state index is 3.70. The van der Waals surface area contributed by atoms with Crippen molar-refractivity contribution in [1.82, 2.24) is 0 Å². The van der Waals surface area contributed by atoms with Gasteiger partial charge in [0.25, 0.3) is 0 Å². The molecule has 61 valence electrons. The van der Waals surface area contributed by atoms with Crippen LogP contribution in [0.3, 0.4) is 0 Å². The Labute approximate surface area is 70.3 Å². The normalized spacial score (nSPS) is 11.4. The first-order chi connectivity index (χ1) is 5.41. The van der Waals surface area contributed by atoms with Crippen molar-refractivity contribution in [3.05, 3.63) is 43.9 Å². The lowest BCUT2D eigenvalue weighted by atomic mass is 10.2. The molecule has 0 heterocycles. The van der Waals surface area contributed by atoms with E-state index in [9.17, 15) is 0 Å². The number of unbranched alkanes of at least 4 members (excludes halogenated alkanes) is 2. The van der Waals surface area contributed by atoms with E-state index in [1.54, 1.807) is 0 Å². The van der Waals surface area contributed by atoms with Gasteiger partial charge < -0.3 is 0 Å². The van der Waals surface area contributed by atoms with Gasteiger partial charge in [-0.2, -0.15) is 0 Å². The lowest BCUT2D eigenvalue weighted by Crippen LogP contribution is -1.66. The van der Waals surface area contributed by atoms with E-state index in [-0.39, 0.29) is 0 Å². The number of hydrogen-bond donors (Lipinski definition) is 0. The Balaban J connectivity index is 3.15. The summed E-state index contributed by atoms with van der Waals surface area (Å²) in [5, 5.41) is 0. The fourth-order valence-corrected chi connectivity index (χ4v) is 0.730. The maximum absolute atomic E-state index is 3.70. The first-order valence-electron chi connectivity index (χ1n) is 4.13. The molecule has 0 saturated heterocycles. The van der Waals surface area contributed by atoms with Gasteiger partial charge >= 0.3 is 0 Å². The second-order valence-corrected chi connectivity index (χ2v) is 2.36. The minimum atomic E-state index is 0.872. The molecule has 0 unspecified atom stereocenters. The zero-order valence-corrected chi connectivity index (χ0v) is 7.13. The molecule has 0 aromatic carbocycles.